The number of unbranched alkanes of at least 4 members (excludes halogenated alkanes) is 1. The number of methoxy groups -OCH3 is 1. The first-order valence-corrected chi connectivity index (χ1v) is 12.0. The van der Waals surface area contributed by atoms with Crippen LogP contribution >= 0.6 is 0 Å². The molecule has 0 spiro atoms. The fraction of sp³-hybridized carbons (Fsp3) is 0.368. The topological polar surface area (TPSA) is 90.0 Å². The Kier molecular flexibility index (Phi) is 7.45. The van der Waals surface area contributed by atoms with Crippen LogP contribution in [0.2, 0.25) is 0 Å². The van der Waals surface area contributed by atoms with Crippen molar-refractivity contribution in [2.75, 3.05) is 19.9 Å². The molecule has 0 aliphatic rings. The van der Waals surface area contributed by atoms with Gasteiger partial charge in [0.2, 0.25) is 10.0 Å². The fourth-order valence-corrected chi connectivity index (χ4v) is 4.47. The lowest BCUT2D eigenvalue weighted by atomic mass is 10.2. The van der Waals surface area contributed by atoms with Crippen LogP contribution in [0.1, 0.15) is 25.3 Å². The molecule has 2 aromatic rings. The SMILES string of the molecule is CCCCN(Cc1ccc(OS(C)(=O)=O)cc1)S(=O)(=O)c1ccc(OC)cc1. The highest BCUT2D eigenvalue weighted by Crippen LogP contribution is 2.23. The number of nitrogens with zero attached hydrogens (tertiary/aromatic N) is 1. The minimum atomic E-state index is -3.68. The molecule has 0 fully saturated rings. The zero-order valence-corrected chi connectivity index (χ0v) is 17.8. The Morgan fingerprint density at radius 2 is 1.46 bits per heavy atom. The molecule has 7 nitrogen and oxygen atoms in total. The molecule has 2 aromatic carbocycles. The van der Waals surface area contributed by atoms with Crippen molar-refractivity contribution in [3.63, 3.8) is 0 Å². The summed E-state index contributed by atoms with van der Waals surface area (Å²) in [4.78, 5) is 0.196. The number of benzene rings is 2. The van der Waals surface area contributed by atoms with Crippen molar-refractivity contribution >= 4 is 20.1 Å². The first-order valence-electron chi connectivity index (χ1n) is 8.78. The Morgan fingerprint density at radius 3 is 1.96 bits per heavy atom. The third-order valence-corrected chi connectivity index (χ3v) is 6.34. The van der Waals surface area contributed by atoms with Crippen LogP contribution in [0.15, 0.2) is 53.4 Å². The van der Waals surface area contributed by atoms with Crippen LogP contribution in [-0.2, 0) is 26.7 Å². The van der Waals surface area contributed by atoms with E-state index >= 15 is 0 Å². The Labute approximate surface area is 167 Å². The van der Waals surface area contributed by atoms with E-state index in [-0.39, 0.29) is 17.2 Å². The summed E-state index contributed by atoms with van der Waals surface area (Å²) in [5.74, 6) is 0.768. The molecule has 0 atom stereocenters. The van der Waals surface area contributed by atoms with E-state index in [2.05, 4.69) is 0 Å². The number of hydrogen-bond acceptors (Lipinski definition) is 6. The van der Waals surface area contributed by atoms with Crippen LogP contribution in [0, 0.1) is 0 Å². The van der Waals surface area contributed by atoms with E-state index in [0.29, 0.717) is 12.3 Å². The molecule has 0 radical (unpaired) electrons. The molecular weight excluding hydrogens is 402 g/mol. The molecule has 0 N–H and O–H groups in total. The zero-order chi connectivity index (χ0) is 20.8. The van der Waals surface area contributed by atoms with Crippen molar-refractivity contribution < 1.29 is 25.8 Å². The minimum Gasteiger partial charge on any atom is -0.497 e. The summed E-state index contributed by atoms with van der Waals surface area (Å²) in [5, 5.41) is 0. The maximum atomic E-state index is 13.1. The second kappa shape index (κ2) is 9.40. The summed E-state index contributed by atoms with van der Waals surface area (Å²) in [5.41, 5.74) is 0.731. The Morgan fingerprint density at radius 1 is 0.893 bits per heavy atom. The van der Waals surface area contributed by atoms with Crippen molar-refractivity contribution in [3.8, 4) is 11.5 Å². The van der Waals surface area contributed by atoms with E-state index in [9.17, 15) is 16.8 Å². The lowest BCUT2D eigenvalue weighted by Gasteiger charge is -2.22. The first-order chi connectivity index (χ1) is 13.2. The van der Waals surface area contributed by atoms with Gasteiger partial charge in [-0.2, -0.15) is 12.7 Å². The molecule has 0 heterocycles. The molecular formula is C19H25NO6S2. The van der Waals surface area contributed by atoms with Crippen LogP contribution in [0.5, 0.6) is 11.5 Å². The molecule has 2 rings (SSSR count). The highest BCUT2D eigenvalue weighted by Gasteiger charge is 2.24. The van der Waals surface area contributed by atoms with Crippen LogP contribution in [0.25, 0.3) is 0 Å². The van der Waals surface area contributed by atoms with E-state index < -0.39 is 20.1 Å². The van der Waals surface area contributed by atoms with Crippen molar-refractivity contribution in [1.82, 2.24) is 4.31 Å². The first kappa shape index (κ1) is 22.2. The highest BCUT2D eigenvalue weighted by molar-refractivity contribution is 7.89. The van der Waals surface area contributed by atoms with Gasteiger partial charge >= 0.3 is 10.1 Å². The normalized spacial score (nSPS) is 12.1. The van der Waals surface area contributed by atoms with Crippen LogP contribution in [-0.4, -0.2) is 41.1 Å². The van der Waals surface area contributed by atoms with Gasteiger partial charge in [0.1, 0.15) is 11.5 Å². The van der Waals surface area contributed by atoms with E-state index in [1.54, 1.807) is 24.3 Å². The van der Waals surface area contributed by atoms with Crippen LogP contribution in [0.3, 0.4) is 0 Å². The largest absolute Gasteiger partial charge is 0.497 e. The number of sulfonamides is 1. The minimum absolute atomic E-state index is 0.174. The van der Waals surface area contributed by atoms with Crippen molar-refractivity contribution in [1.29, 1.82) is 0 Å². The maximum Gasteiger partial charge on any atom is 0.306 e. The molecule has 0 aliphatic carbocycles. The summed E-state index contributed by atoms with van der Waals surface area (Å²) in [6.45, 7) is 2.55. The maximum absolute atomic E-state index is 13.1. The van der Waals surface area contributed by atoms with Gasteiger partial charge in [0.25, 0.3) is 0 Å². The van der Waals surface area contributed by atoms with E-state index in [1.807, 2.05) is 6.92 Å². The van der Waals surface area contributed by atoms with E-state index in [0.717, 1.165) is 24.7 Å². The highest BCUT2D eigenvalue weighted by atomic mass is 32.2. The number of rotatable bonds is 10. The quantitative estimate of drug-likeness (QED) is 0.542. The van der Waals surface area contributed by atoms with Gasteiger partial charge in [-0.05, 0) is 48.4 Å². The Hall–Kier alpha value is -2.10. The summed E-state index contributed by atoms with van der Waals surface area (Å²) in [7, 11) is -5.77. The molecule has 9 heteroatoms. The average molecular weight is 428 g/mol. The summed E-state index contributed by atoms with van der Waals surface area (Å²) >= 11 is 0. The van der Waals surface area contributed by atoms with Crippen molar-refractivity contribution in [3.05, 3.63) is 54.1 Å². The molecule has 0 aliphatic heterocycles. The molecule has 0 saturated carbocycles. The number of hydrogen-bond donors (Lipinski definition) is 0. The molecule has 0 aromatic heterocycles. The molecule has 154 valence electrons. The van der Waals surface area contributed by atoms with Gasteiger partial charge < -0.3 is 8.92 Å². The van der Waals surface area contributed by atoms with Crippen LogP contribution < -0.4 is 8.92 Å². The lowest BCUT2D eigenvalue weighted by Crippen LogP contribution is -2.31. The third-order valence-electron chi connectivity index (χ3n) is 3.99. The number of ether oxygens (including phenoxy) is 1. The molecule has 0 saturated heterocycles. The monoisotopic (exact) mass is 427 g/mol. The van der Waals surface area contributed by atoms with E-state index in [4.69, 9.17) is 8.92 Å². The van der Waals surface area contributed by atoms with E-state index in [1.165, 1.54) is 35.7 Å². The Bertz CT molecular complexity index is 968. The summed E-state index contributed by atoms with van der Waals surface area (Å²) in [6.07, 6.45) is 2.55. The standard InChI is InChI=1S/C19H25NO6S2/c1-4-5-14-20(28(23,24)19-12-10-17(25-2)11-13-19)15-16-6-8-18(9-7-16)26-27(3,21)22/h6-13H,4-5,14-15H2,1-3H3. The lowest BCUT2D eigenvalue weighted by molar-refractivity contribution is 0.397. The van der Waals surface area contributed by atoms with Gasteiger partial charge in [0.05, 0.1) is 18.3 Å². The Balaban J connectivity index is 2.24. The molecule has 0 bridgehead atoms. The zero-order valence-electron chi connectivity index (χ0n) is 16.2. The van der Waals surface area contributed by atoms with Gasteiger partial charge in [-0.15, -0.1) is 0 Å². The smallest absolute Gasteiger partial charge is 0.306 e. The average Bonchev–Trinajstić information content (AvgIpc) is 2.65. The summed E-state index contributed by atoms with van der Waals surface area (Å²) < 4.78 is 59.9. The van der Waals surface area contributed by atoms with Gasteiger partial charge in [0.15, 0.2) is 0 Å². The van der Waals surface area contributed by atoms with Gasteiger partial charge in [-0.25, -0.2) is 8.42 Å². The van der Waals surface area contributed by atoms with Crippen molar-refractivity contribution in [2.24, 2.45) is 0 Å². The van der Waals surface area contributed by atoms with Gasteiger partial charge in [-0.1, -0.05) is 25.5 Å². The predicted molar refractivity (Wildman–Crippen MR) is 107 cm³/mol. The predicted octanol–water partition coefficient (Wildman–Crippen LogP) is 3.02. The van der Waals surface area contributed by atoms with Crippen molar-refractivity contribution in [2.45, 2.75) is 31.2 Å². The third kappa shape index (κ3) is 6.22. The molecule has 0 amide bonds. The fourth-order valence-electron chi connectivity index (χ4n) is 2.54. The van der Waals surface area contributed by atoms with Gasteiger partial charge in [0, 0.05) is 13.1 Å². The van der Waals surface area contributed by atoms with Crippen LogP contribution in [0.4, 0.5) is 0 Å². The molecule has 0 unspecified atom stereocenters. The molecule has 28 heavy (non-hydrogen) atoms. The second-order valence-electron chi connectivity index (χ2n) is 6.30. The second-order valence-corrected chi connectivity index (χ2v) is 9.81. The summed E-state index contributed by atoms with van der Waals surface area (Å²) in [6, 6.07) is 12.6. The van der Waals surface area contributed by atoms with Gasteiger partial charge in [-0.3, -0.25) is 0 Å².